The largest absolute Gasteiger partial charge is 0.493 e. The monoisotopic (exact) mass is 535 g/mol. The fraction of sp³-hybridized carbons (Fsp3) is 0.125. The molecule has 5 aromatic rings. The Kier molecular flexibility index (Phi) is 8.19. The number of hydrogen-bond donors (Lipinski definition) is 1. The average Bonchev–Trinajstić information content (AvgIpc) is 3.33. The molecule has 5 rings (SSSR count). The van der Waals surface area contributed by atoms with E-state index in [1.165, 1.54) is 11.3 Å². The lowest BCUT2D eigenvalue weighted by molar-refractivity contribution is 0.102. The summed E-state index contributed by atoms with van der Waals surface area (Å²) in [5, 5.41) is 3.91. The number of rotatable bonds is 9. The zero-order valence-corrected chi connectivity index (χ0v) is 22.7. The first-order chi connectivity index (χ1) is 19.2. The number of para-hydroxylation sites is 1. The van der Waals surface area contributed by atoms with Crippen LogP contribution in [0.4, 0.5) is 10.7 Å². The Morgan fingerprint density at radius 3 is 2.13 bits per heavy atom. The second kappa shape index (κ2) is 12.3. The molecule has 0 atom stereocenters. The number of amides is 1. The van der Waals surface area contributed by atoms with Crippen LogP contribution in [0.15, 0.2) is 114 Å². The molecular formula is C32H29N3O3S. The molecule has 4 aromatic carbocycles. The van der Waals surface area contributed by atoms with Crippen molar-refractivity contribution in [3.05, 3.63) is 125 Å². The smallest absolute Gasteiger partial charge is 0.256 e. The van der Waals surface area contributed by atoms with E-state index in [1.54, 1.807) is 14.2 Å². The molecule has 196 valence electrons. The van der Waals surface area contributed by atoms with Crippen molar-refractivity contribution in [1.82, 2.24) is 4.57 Å². The van der Waals surface area contributed by atoms with E-state index in [0.29, 0.717) is 23.6 Å². The molecule has 6 nitrogen and oxygen atoms in total. The summed E-state index contributed by atoms with van der Waals surface area (Å²) in [6.07, 6.45) is 0.727. The van der Waals surface area contributed by atoms with Crippen LogP contribution in [0.2, 0.25) is 0 Å². The SMILES string of the molecule is COc1ccc(CCn2c(-c3ccccc3)c(NC(=O)c3ccccc3)sc2=Nc2ccccc2)cc1OC. The maximum absolute atomic E-state index is 13.2. The third kappa shape index (κ3) is 6.10. The van der Waals surface area contributed by atoms with Gasteiger partial charge in [-0.3, -0.25) is 4.79 Å². The molecule has 0 aliphatic heterocycles. The molecule has 0 spiro atoms. The van der Waals surface area contributed by atoms with Gasteiger partial charge in [0, 0.05) is 17.7 Å². The number of nitrogens with zero attached hydrogens (tertiary/aromatic N) is 2. The van der Waals surface area contributed by atoms with E-state index >= 15 is 0 Å². The molecule has 1 aromatic heterocycles. The van der Waals surface area contributed by atoms with E-state index in [9.17, 15) is 4.79 Å². The highest BCUT2D eigenvalue weighted by atomic mass is 32.1. The van der Waals surface area contributed by atoms with Crippen LogP contribution in [0.1, 0.15) is 15.9 Å². The molecule has 0 bridgehead atoms. The van der Waals surface area contributed by atoms with Crippen LogP contribution in [0.5, 0.6) is 11.5 Å². The number of aryl methyl sites for hydroxylation is 1. The Morgan fingerprint density at radius 2 is 1.46 bits per heavy atom. The molecule has 7 heteroatoms. The standard InChI is InChI=1S/C32H29N3O3S/c1-37-27-19-18-23(22-28(27)38-2)20-21-35-29(24-12-6-3-7-13-24)31(34-30(36)25-14-8-4-9-15-25)39-32(35)33-26-16-10-5-11-17-26/h3-19,22H,20-21H2,1-2H3,(H,34,36). The summed E-state index contributed by atoms with van der Waals surface area (Å²) in [5.74, 6) is 1.23. The highest BCUT2D eigenvalue weighted by Gasteiger charge is 2.19. The summed E-state index contributed by atoms with van der Waals surface area (Å²) in [5.41, 5.74) is 4.47. The van der Waals surface area contributed by atoms with Gasteiger partial charge in [-0.2, -0.15) is 0 Å². The van der Waals surface area contributed by atoms with E-state index in [4.69, 9.17) is 14.5 Å². The van der Waals surface area contributed by atoms with Crippen molar-refractivity contribution in [2.45, 2.75) is 13.0 Å². The first-order valence-corrected chi connectivity index (χ1v) is 13.4. The quantitative estimate of drug-likeness (QED) is 0.222. The molecule has 0 unspecified atom stereocenters. The Hall–Kier alpha value is -4.62. The number of benzene rings is 4. The Balaban J connectivity index is 1.61. The predicted molar refractivity (Wildman–Crippen MR) is 157 cm³/mol. The number of aromatic nitrogens is 1. The second-order valence-electron chi connectivity index (χ2n) is 8.79. The van der Waals surface area contributed by atoms with Crippen molar-refractivity contribution >= 4 is 27.9 Å². The maximum Gasteiger partial charge on any atom is 0.256 e. The van der Waals surface area contributed by atoms with Gasteiger partial charge >= 0.3 is 0 Å². The molecule has 1 heterocycles. The van der Waals surface area contributed by atoms with Gasteiger partial charge in [0.1, 0.15) is 5.00 Å². The lowest BCUT2D eigenvalue weighted by Crippen LogP contribution is -2.18. The topological polar surface area (TPSA) is 64.8 Å². The molecule has 0 saturated carbocycles. The number of ether oxygens (including phenoxy) is 2. The van der Waals surface area contributed by atoms with Crippen LogP contribution in [-0.4, -0.2) is 24.7 Å². The fourth-order valence-electron chi connectivity index (χ4n) is 4.33. The molecule has 1 N–H and O–H groups in total. The second-order valence-corrected chi connectivity index (χ2v) is 9.76. The van der Waals surface area contributed by atoms with Gasteiger partial charge in [-0.25, -0.2) is 4.99 Å². The first kappa shape index (κ1) is 26.0. The van der Waals surface area contributed by atoms with Gasteiger partial charge in [0.2, 0.25) is 0 Å². The minimum absolute atomic E-state index is 0.160. The number of methoxy groups -OCH3 is 2. The summed E-state index contributed by atoms with van der Waals surface area (Å²) in [6, 6.07) is 35.2. The van der Waals surface area contributed by atoms with Gasteiger partial charge in [-0.1, -0.05) is 84.1 Å². The molecule has 0 fully saturated rings. The summed E-state index contributed by atoms with van der Waals surface area (Å²) in [6.45, 7) is 0.642. The van der Waals surface area contributed by atoms with Crippen molar-refractivity contribution < 1.29 is 14.3 Å². The normalized spacial score (nSPS) is 11.3. The van der Waals surface area contributed by atoms with E-state index in [-0.39, 0.29) is 5.91 Å². The zero-order valence-electron chi connectivity index (χ0n) is 21.8. The third-order valence-corrected chi connectivity index (χ3v) is 7.27. The molecule has 1 amide bonds. The number of anilines is 1. The van der Waals surface area contributed by atoms with E-state index in [0.717, 1.165) is 38.7 Å². The predicted octanol–water partition coefficient (Wildman–Crippen LogP) is 6.96. The lowest BCUT2D eigenvalue weighted by Gasteiger charge is -2.13. The van der Waals surface area contributed by atoms with Gasteiger partial charge in [0.05, 0.1) is 25.6 Å². The van der Waals surface area contributed by atoms with Crippen molar-refractivity contribution in [2.75, 3.05) is 19.5 Å². The molecule has 0 radical (unpaired) electrons. The minimum Gasteiger partial charge on any atom is -0.493 e. The van der Waals surface area contributed by atoms with Crippen molar-refractivity contribution in [3.8, 4) is 22.8 Å². The first-order valence-electron chi connectivity index (χ1n) is 12.6. The van der Waals surface area contributed by atoms with Gasteiger partial charge in [0.15, 0.2) is 16.3 Å². The highest BCUT2D eigenvalue weighted by molar-refractivity contribution is 7.14. The third-order valence-electron chi connectivity index (χ3n) is 6.27. The van der Waals surface area contributed by atoms with Crippen LogP contribution in [0.25, 0.3) is 11.3 Å². The summed E-state index contributed by atoms with van der Waals surface area (Å²) < 4.78 is 13.1. The number of thiazole rings is 1. The molecular weight excluding hydrogens is 506 g/mol. The van der Waals surface area contributed by atoms with Gasteiger partial charge < -0.3 is 19.4 Å². The molecule has 39 heavy (non-hydrogen) atoms. The van der Waals surface area contributed by atoms with Crippen molar-refractivity contribution in [3.63, 3.8) is 0 Å². The van der Waals surface area contributed by atoms with Crippen LogP contribution in [0, 0.1) is 0 Å². The number of hydrogen-bond acceptors (Lipinski definition) is 5. The van der Waals surface area contributed by atoms with Crippen LogP contribution in [0.3, 0.4) is 0 Å². The Morgan fingerprint density at radius 1 is 0.821 bits per heavy atom. The highest BCUT2D eigenvalue weighted by Crippen LogP contribution is 2.33. The van der Waals surface area contributed by atoms with Gasteiger partial charge in [0.25, 0.3) is 5.91 Å². The van der Waals surface area contributed by atoms with Gasteiger partial charge in [-0.05, 0) is 48.4 Å². The summed E-state index contributed by atoms with van der Waals surface area (Å²) >= 11 is 1.47. The van der Waals surface area contributed by atoms with Crippen molar-refractivity contribution in [1.29, 1.82) is 0 Å². The van der Waals surface area contributed by atoms with E-state index < -0.39 is 0 Å². The van der Waals surface area contributed by atoms with Gasteiger partial charge in [-0.15, -0.1) is 0 Å². The van der Waals surface area contributed by atoms with Crippen LogP contribution in [-0.2, 0) is 13.0 Å². The minimum atomic E-state index is -0.160. The van der Waals surface area contributed by atoms with E-state index in [2.05, 4.69) is 22.0 Å². The maximum atomic E-state index is 13.2. The summed E-state index contributed by atoms with van der Waals surface area (Å²) in [7, 11) is 3.27. The van der Waals surface area contributed by atoms with Crippen LogP contribution < -0.4 is 19.6 Å². The molecule has 0 saturated heterocycles. The van der Waals surface area contributed by atoms with E-state index in [1.807, 2.05) is 97.1 Å². The number of carbonyl (C=O) groups is 1. The van der Waals surface area contributed by atoms with Crippen LogP contribution >= 0.6 is 11.3 Å². The summed E-state index contributed by atoms with van der Waals surface area (Å²) in [4.78, 5) is 19.0. The molecule has 0 aliphatic carbocycles. The zero-order chi connectivity index (χ0) is 27.0. The number of nitrogens with one attached hydrogen (secondary N) is 1. The lowest BCUT2D eigenvalue weighted by atomic mass is 10.1. The fourth-order valence-corrected chi connectivity index (χ4v) is 5.42. The average molecular weight is 536 g/mol. The van der Waals surface area contributed by atoms with Crippen molar-refractivity contribution in [2.24, 2.45) is 4.99 Å². The molecule has 0 aliphatic rings. The number of carbonyl (C=O) groups excluding carboxylic acids is 1. The Labute approximate surface area is 231 Å². The Bertz CT molecular complexity index is 1610.